The Kier molecular flexibility index (Phi) is 5.03. The monoisotopic (exact) mass is 310 g/mol. The highest BCUT2D eigenvalue weighted by Crippen LogP contribution is 2.22. The first kappa shape index (κ1) is 15.6. The van der Waals surface area contributed by atoms with Gasteiger partial charge in [-0.25, -0.2) is 8.78 Å². The van der Waals surface area contributed by atoms with Crippen LogP contribution in [0.15, 0.2) is 35.7 Å². The average Bonchev–Trinajstić information content (AvgIpc) is 2.92. The van der Waals surface area contributed by atoms with Gasteiger partial charge in [-0.15, -0.1) is 11.3 Å². The number of hydrogen-bond acceptors (Lipinski definition) is 3. The van der Waals surface area contributed by atoms with Gasteiger partial charge in [0.1, 0.15) is 11.6 Å². The summed E-state index contributed by atoms with van der Waals surface area (Å²) < 4.78 is 26.4. The van der Waals surface area contributed by atoms with Gasteiger partial charge in [-0.3, -0.25) is 4.79 Å². The van der Waals surface area contributed by atoms with Gasteiger partial charge in [-0.05, 0) is 37.7 Å². The lowest BCUT2D eigenvalue weighted by Gasteiger charge is -2.23. The number of likely N-dealkylation sites (N-methyl/N-ethyl adjacent to an activating group) is 1. The van der Waals surface area contributed by atoms with Crippen molar-refractivity contribution in [3.63, 3.8) is 0 Å². The maximum atomic E-state index is 13.5. The van der Waals surface area contributed by atoms with Crippen LogP contribution in [0.2, 0.25) is 0 Å². The zero-order chi connectivity index (χ0) is 15.4. The van der Waals surface area contributed by atoms with Crippen molar-refractivity contribution in [2.24, 2.45) is 0 Å². The third-order valence-electron chi connectivity index (χ3n) is 3.13. The van der Waals surface area contributed by atoms with Crippen LogP contribution < -0.4 is 5.32 Å². The largest absolute Gasteiger partial charge is 0.350 e. The first-order valence-corrected chi connectivity index (χ1v) is 7.30. The lowest BCUT2D eigenvalue weighted by Crippen LogP contribution is -2.34. The van der Waals surface area contributed by atoms with Crippen LogP contribution >= 0.6 is 11.3 Å². The van der Waals surface area contributed by atoms with Gasteiger partial charge in [-0.1, -0.05) is 6.07 Å². The van der Waals surface area contributed by atoms with E-state index < -0.39 is 17.5 Å². The van der Waals surface area contributed by atoms with Crippen molar-refractivity contribution in [1.82, 2.24) is 10.2 Å². The zero-order valence-corrected chi connectivity index (χ0v) is 12.6. The molecule has 1 amide bonds. The standard InChI is InChI=1S/C15H16F2N2OS/c1-19(2)13(14-4-3-7-21-14)9-18-15(20)11-6-5-10(16)8-12(11)17/h3-8,13H,9H2,1-2H3,(H,18,20). The fraction of sp³-hybridized carbons (Fsp3) is 0.267. The maximum Gasteiger partial charge on any atom is 0.254 e. The van der Waals surface area contributed by atoms with E-state index >= 15 is 0 Å². The number of amides is 1. The van der Waals surface area contributed by atoms with E-state index in [4.69, 9.17) is 0 Å². The Bertz CT molecular complexity index is 614. The summed E-state index contributed by atoms with van der Waals surface area (Å²) in [7, 11) is 3.82. The molecule has 1 heterocycles. The summed E-state index contributed by atoms with van der Waals surface area (Å²) in [6.07, 6.45) is 0. The lowest BCUT2D eigenvalue weighted by atomic mass is 10.1. The molecular formula is C15H16F2N2OS. The Hall–Kier alpha value is -1.79. The Morgan fingerprint density at radius 3 is 2.67 bits per heavy atom. The van der Waals surface area contributed by atoms with Gasteiger partial charge in [0, 0.05) is 17.5 Å². The lowest BCUT2D eigenvalue weighted by molar-refractivity contribution is 0.0938. The van der Waals surface area contributed by atoms with Crippen LogP contribution in [0.3, 0.4) is 0 Å². The molecule has 0 saturated carbocycles. The minimum Gasteiger partial charge on any atom is -0.350 e. The normalized spacial score (nSPS) is 12.4. The number of nitrogens with zero attached hydrogens (tertiary/aromatic N) is 1. The molecule has 0 aliphatic rings. The van der Waals surface area contributed by atoms with Crippen molar-refractivity contribution >= 4 is 17.2 Å². The second kappa shape index (κ2) is 6.78. The Morgan fingerprint density at radius 1 is 1.33 bits per heavy atom. The molecule has 1 aromatic heterocycles. The summed E-state index contributed by atoms with van der Waals surface area (Å²) in [5.41, 5.74) is -0.153. The van der Waals surface area contributed by atoms with Crippen LogP contribution in [-0.4, -0.2) is 31.4 Å². The fourth-order valence-electron chi connectivity index (χ4n) is 1.98. The number of rotatable bonds is 5. The van der Waals surface area contributed by atoms with Gasteiger partial charge < -0.3 is 10.2 Å². The summed E-state index contributed by atoms with van der Waals surface area (Å²) in [4.78, 5) is 15.1. The highest BCUT2D eigenvalue weighted by Gasteiger charge is 2.18. The van der Waals surface area contributed by atoms with E-state index in [2.05, 4.69) is 5.32 Å². The molecule has 0 fully saturated rings. The molecule has 0 radical (unpaired) electrons. The molecule has 1 atom stereocenters. The van der Waals surface area contributed by atoms with E-state index in [1.165, 1.54) is 0 Å². The zero-order valence-electron chi connectivity index (χ0n) is 11.8. The predicted octanol–water partition coefficient (Wildman–Crippen LogP) is 3.06. The molecule has 6 heteroatoms. The van der Waals surface area contributed by atoms with Gasteiger partial charge >= 0.3 is 0 Å². The number of halogens is 2. The number of carbonyl (C=O) groups is 1. The van der Waals surface area contributed by atoms with E-state index in [0.717, 1.165) is 17.0 Å². The second-order valence-electron chi connectivity index (χ2n) is 4.83. The average molecular weight is 310 g/mol. The SMILES string of the molecule is CN(C)C(CNC(=O)c1ccc(F)cc1F)c1cccs1. The summed E-state index contributed by atoms with van der Waals surface area (Å²) in [5.74, 6) is -2.10. The highest BCUT2D eigenvalue weighted by molar-refractivity contribution is 7.10. The van der Waals surface area contributed by atoms with Crippen molar-refractivity contribution < 1.29 is 13.6 Å². The molecule has 112 valence electrons. The number of carbonyl (C=O) groups excluding carboxylic acids is 1. The maximum absolute atomic E-state index is 13.5. The molecule has 1 N–H and O–H groups in total. The summed E-state index contributed by atoms with van der Waals surface area (Å²) in [5, 5.41) is 4.66. The Labute approximate surface area is 126 Å². The van der Waals surface area contributed by atoms with E-state index in [1.807, 2.05) is 36.5 Å². The Morgan fingerprint density at radius 2 is 2.10 bits per heavy atom. The summed E-state index contributed by atoms with van der Waals surface area (Å²) in [6.45, 7) is 0.350. The van der Waals surface area contributed by atoms with Crippen molar-refractivity contribution in [1.29, 1.82) is 0 Å². The molecule has 1 aromatic carbocycles. The molecule has 2 rings (SSSR count). The first-order valence-electron chi connectivity index (χ1n) is 6.42. The molecule has 0 saturated heterocycles. The third kappa shape index (κ3) is 3.86. The van der Waals surface area contributed by atoms with E-state index in [1.54, 1.807) is 11.3 Å². The first-order chi connectivity index (χ1) is 9.99. The molecule has 2 aromatic rings. The van der Waals surface area contributed by atoms with Crippen molar-refractivity contribution in [3.05, 3.63) is 57.8 Å². The van der Waals surface area contributed by atoms with Crippen molar-refractivity contribution in [3.8, 4) is 0 Å². The quantitative estimate of drug-likeness (QED) is 0.920. The van der Waals surface area contributed by atoms with E-state index in [9.17, 15) is 13.6 Å². The molecule has 0 spiro atoms. The van der Waals surface area contributed by atoms with Crippen LogP contribution in [0.1, 0.15) is 21.3 Å². The number of hydrogen-bond donors (Lipinski definition) is 1. The smallest absolute Gasteiger partial charge is 0.254 e. The van der Waals surface area contributed by atoms with Crippen molar-refractivity contribution in [2.75, 3.05) is 20.6 Å². The van der Waals surface area contributed by atoms with Crippen LogP contribution in [0.25, 0.3) is 0 Å². The second-order valence-corrected chi connectivity index (χ2v) is 5.81. The highest BCUT2D eigenvalue weighted by atomic mass is 32.1. The molecule has 3 nitrogen and oxygen atoms in total. The third-order valence-corrected chi connectivity index (χ3v) is 4.10. The number of thiophene rings is 1. The minimum absolute atomic E-state index is 0.0115. The predicted molar refractivity (Wildman–Crippen MR) is 79.4 cm³/mol. The van der Waals surface area contributed by atoms with Gasteiger partial charge in [0.25, 0.3) is 5.91 Å². The van der Waals surface area contributed by atoms with Gasteiger partial charge in [0.15, 0.2) is 0 Å². The van der Waals surface area contributed by atoms with Gasteiger partial charge in [-0.2, -0.15) is 0 Å². The molecular weight excluding hydrogens is 294 g/mol. The van der Waals surface area contributed by atoms with Crippen LogP contribution in [0.5, 0.6) is 0 Å². The van der Waals surface area contributed by atoms with Crippen molar-refractivity contribution in [2.45, 2.75) is 6.04 Å². The van der Waals surface area contributed by atoms with Crippen LogP contribution in [0, 0.1) is 11.6 Å². The topological polar surface area (TPSA) is 32.3 Å². The van der Waals surface area contributed by atoms with E-state index in [0.29, 0.717) is 12.6 Å². The van der Waals surface area contributed by atoms with Gasteiger partial charge in [0.05, 0.1) is 11.6 Å². The molecule has 0 aliphatic heterocycles. The Balaban J connectivity index is 2.05. The number of benzene rings is 1. The van der Waals surface area contributed by atoms with Crippen LogP contribution in [-0.2, 0) is 0 Å². The molecule has 1 unspecified atom stereocenters. The van der Waals surface area contributed by atoms with Crippen LogP contribution in [0.4, 0.5) is 8.78 Å². The number of nitrogens with one attached hydrogen (secondary N) is 1. The summed E-state index contributed by atoms with van der Waals surface area (Å²) in [6, 6.07) is 6.86. The minimum atomic E-state index is -0.856. The molecule has 21 heavy (non-hydrogen) atoms. The van der Waals surface area contributed by atoms with Gasteiger partial charge in [0.2, 0.25) is 0 Å². The van der Waals surface area contributed by atoms with E-state index in [-0.39, 0.29) is 11.6 Å². The molecule has 0 aliphatic carbocycles. The molecule has 0 bridgehead atoms. The summed E-state index contributed by atoms with van der Waals surface area (Å²) >= 11 is 1.60. The fourth-order valence-corrected chi connectivity index (χ4v) is 2.90.